The first-order valence-corrected chi connectivity index (χ1v) is 5.17. The fraction of sp³-hybridized carbons (Fsp3) is 0.273. The summed E-state index contributed by atoms with van der Waals surface area (Å²) >= 11 is 5.80. The number of carbonyl (C=O) groups excluding carboxylic acids is 1. The van der Waals surface area contributed by atoms with Crippen LogP contribution < -0.4 is 5.43 Å². The van der Waals surface area contributed by atoms with E-state index in [2.05, 4.69) is 10.5 Å². The molecule has 78 valence electrons. The number of rotatable bonds is 1. The Morgan fingerprint density at radius 3 is 2.67 bits per heavy atom. The van der Waals surface area contributed by atoms with Gasteiger partial charge >= 0.3 is 0 Å². The molecule has 4 heteroatoms. The van der Waals surface area contributed by atoms with E-state index in [4.69, 9.17) is 11.6 Å². The molecule has 0 fully saturated rings. The second-order valence-corrected chi connectivity index (χ2v) is 4.08. The van der Waals surface area contributed by atoms with Crippen molar-refractivity contribution in [2.75, 3.05) is 0 Å². The predicted octanol–water partition coefficient (Wildman–Crippen LogP) is 2.20. The highest BCUT2D eigenvalue weighted by Crippen LogP contribution is 2.18. The van der Waals surface area contributed by atoms with Crippen molar-refractivity contribution in [1.29, 1.82) is 0 Å². The van der Waals surface area contributed by atoms with Crippen molar-refractivity contribution in [1.82, 2.24) is 5.43 Å². The number of hydrogen-bond donors (Lipinski definition) is 1. The second kappa shape index (κ2) is 4.03. The van der Waals surface area contributed by atoms with Crippen LogP contribution >= 0.6 is 11.6 Å². The van der Waals surface area contributed by atoms with E-state index >= 15 is 0 Å². The number of nitrogens with zero attached hydrogens (tertiary/aromatic N) is 1. The maximum Gasteiger partial charge on any atom is 0.240 e. The van der Waals surface area contributed by atoms with E-state index < -0.39 is 0 Å². The van der Waals surface area contributed by atoms with Crippen molar-refractivity contribution in [3.05, 3.63) is 34.9 Å². The minimum Gasteiger partial charge on any atom is -0.273 e. The molecule has 0 unspecified atom stereocenters. The maximum atomic E-state index is 11.1. The first kappa shape index (κ1) is 10.2. The van der Waals surface area contributed by atoms with Gasteiger partial charge in [0.25, 0.3) is 0 Å². The number of carbonyl (C=O) groups is 1. The number of halogens is 1. The Bertz CT molecular complexity index is 411. The fourth-order valence-corrected chi connectivity index (χ4v) is 1.75. The molecule has 0 aliphatic carbocycles. The minimum absolute atomic E-state index is 0.0276. The lowest BCUT2D eigenvalue weighted by molar-refractivity contribution is -0.121. The fourth-order valence-electron chi connectivity index (χ4n) is 1.62. The van der Waals surface area contributed by atoms with Crippen molar-refractivity contribution in [3.8, 4) is 0 Å². The molecule has 1 N–H and O–H groups in total. The average Bonchev–Trinajstić information content (AvgIpc) is 2.20. The van der Waals surface area contributed by atoms with Gasteiger partial charge in [-0.3, -0.25) is 4.79 Å². The number of amides is 1. The largest absolute Gasteiger partial charge is 0.273 e. The Hall–Kier alpha value is -1.35. The van der Waals surface area contributed by atoms with Crippen LogP contribution in [0.25, 0.3) is 0 Å². The number of hydrazone groups is 1. The van der Waals surface area contributed by atoms with Crippen LogP contribution in [-0.4, -0.2) is 11.6 Å². The van der Waals surface area contributed by atoms with Gasteiger partial charge in [-0.15, -0.1) is 0 Å². The third-order valence-corrected chi connectivity index (χ3v) is 2.65. The summed E-state index contributed by atoms with van der Waals surface area (Å²) < 4.78 is 0. The molecule has 0 saturated heterocycles. The molecular weight excluding hydrogens is 212 g/mol. The van der Waals surface area contributed by atoms with Crippen LogP contribution in [-0.2, 0) is 4.79 Å². The third-order valence-electron chi connectivity index (χ3n) is 2.40. The molecule has 0 bridgehead atoms. The van der Waals surface area contributed by atoms with E-state index in [1.54, 1.807) is 0 Å². The van der Waals surface area contributed by atoms with Gasteiger partial charge in [0.2, 0.25) is 5.91 Å². The Morgan fingerprint density at radius 2 is 2.07 bits per heavy atom. The normalized spacial score (nSPS) is 20.8. The summed E-state index contributed by atoms with van der Waals surface area (Å²) in [4.78, 5) is 11.1. The lowest BCUT2D eigenvalue weighted by Crippen LogP contribution is -2.31. The summed E-state index contributed by atoms with van der Waals surface area (Å²) in [6.07, 6.45) is 0.488. The summed E-state index contributed by atoms with van der Waals surface area (Å²) in [6, 6.07) is 7.47. The number of nitrogens with one attached hydrogen (secondary N) is 1. The molecule has 1 aromatic rings. The van der Waals surface area contributed by atoms with Crippen LogP contribution in [0.3, 0.4) is 0 Å². The van der Waals surface area contributed by atoms with E-state index in [1.165, 1.54) is 0 Å². The van der Waals surface area contributed by atoms with Gasteiger partial charge in [0, 0.05) is 17.4 Å². The summed E-state index contributed by atoms with van der Waals surface area (Å²) in [5, 5.41) is 4.77. The quantitative estimate of drug-likeness (QED) is 0.778. The average molecular weight is 223 g/mol. The van der Waals surface area contributed by atoms with Gasteiger partial charge in [0.05, 0.1) is 5.71 Å². The highest BCUT2D eigenvalue weighted by atomic mass is 35.5. The third kappa shape index (κ3) is 2.18. The lowest BCUT2D eigenvalue weighted by Gasteiger charge is -2.18. The molecule has 2 rings (SSSR count). The van der Waals surface area contributed by atoms with Gasteiger partial charge < -0.3 is 0 Å². The smallest absolute Gasteiger partial charge is 0.240 e. The summed E-state index contributed by atoms with van der Waals surface area (Å²) in [6.45, 7) is 1.99. The van der Waals surface area contributed by atoms with Crippen LogP contribution in [0.2, 0.25) is 5.02 Å². The predicted molar refractivity (Wildman–Crippen MR) is 59.9 cm³/mol. The second-order valence-electron chi connectivity index (χ2n) is 3.64. The molecule has 1 atom stereocenters. The topological polar surface area (TPSA) is 41.5 Å². The molecule has 1 aliphatic heterocycles. The molecule has 1 heterocycles. The monoisotopic (exact) mass is 222 g/mol. The Kier molecular flexibility index (Phi) is 2.73. The van der Waals surface area contributed by atoms with Crippen LogP contribution in [0.1, 0.15) is 18.9 Å². The zero-order valence-electron chi connectivity index (χ0n) is 8.33. The van der Waals surface area contributed by atoms with Gasteiger partial charge in [-0.1, -0.05) is 30.7 Å². The van der Waals surface area contributed by atoms with Gasteiger partial charge in [0.15, 0.2) is 0 Å². The molecule has 1 aromatic carbocycles. The molecule has 3 nitrogen and oxygen atoms in total. The zero-order valence-corrected chi connectivity index (χ0v) is 9.08. The number of hydrogen-bond acceptors (Lipinski definition) is 2. The van der Waals surface area contributed by atoms with Crippen molar-refractivity contribution in [3.63, 3.8) is 0 Å². The standard InChI is InChI=1S/C11H11ClN2O/c1-7-6-10(15)13-14-11(7)8-2-4-9(12)5-3-8/h2-5,7H,6H2,1H3,(H,13,15)/t7-/m1/s1. The van der Waals surface area contributed by atoms with Crippen molar-refractivity contribution >= 4 is 23.2 Å². The van der Waals surface area contributed by atoms with Gasteiger partial charge in [-0.05, 0) is 17.7 Å². The van der Waals surface area contributed by atoms with Gasteiger partial charge in [-0.2, -0.15) is 5.10 Å². The molecule has 15 heavy (non-hydrogen) atoms. The van der Waals surface area contributed by atoms with Crippen LogP contribution in [0, 0.1) is 5.92 Å². The molecular formula is C11H11ClN2O. The van der Waals surface area contributed by atoms with Crippen LogP contribution in [0.4, 0.5) is 0 Å². The molecule has 1 aliphatic rings. The van der Waals surface area contributed by atoms with Gasteiger partial charge in [0.1, 0.15) is 0 Å². The van der Waals surface area contributed by atoms with E-state index in [1.807, 2.05) is 31.2 Å². The highest BCUT2D eigenvalue weighted by Gasteiger charge is 2.21. The van der Waals surface area contributed by atoms with E-state index in [0.717, 1.165) is 11.3 Å². The van der Waals surface area contributed by atoms with Crippen LogP contribution in [0.5, 0.6) is 0 Å². The summed E-state index contributed by atoms with van der Waals surface area (Å²) in [5.74, 6) is 0.125. The van der Waals surface area contributed by atoms with Crippen molar-refractivity contribution < 1.29 is 4.79 Å². The molecule has 0 radical (unpaired) electrons. The van der Waals surface area contributed by atoms with E-state index in [-0.39, 0.29) is 11.8 Å². The molecule has 1 amide bonds. The number of benzene rings is 1. The van der Waals surface area contributed by atoms with Crippen molar-refractivity contribution in [2.24, 2.45) is 11.0 Å². The Balaban J connectivity index is 2.31. The first-order valence-electron chi connectivity index (χ1n) is 4.79. The highest BCUT2D eigenvalue weighted by molar-refractivity contribution is 6.30. The van der Waals surface area contributed by atoms with Crippen LogP contribution in [0.15, 0.2) is 29.4 Å². The minimum atomic E-state index is -0.0276. The summed E-state index contributed by atoms with van der Waals surface area (Å²) in [5.41, 5.74) is 4.41. The SMILES string of the molecule is C[C@@H]1CC(=O)NN=C1c1ccc(Cl)cc1. The van der Waals surface area contributed by atoms with E-state index in [9.17, 15) is 4.79 Å². The molecule has 0 aromatic heterocycles. The lowest BCUT2D eigenvalue weighted by atomic mass is 9.94. The first-order chi connectivity index (χ1) is 7.16. The molecule has 0 spiro atoms. The van der Waals surface area contributed by atoms with E-state index in [0.29, 0.717) is 11.4 Å². The maximum absolute atomic E-state index is 11.1. The molecule has 0 saturated carbocycles. The van der Waals surface area contributed by atoms with Crippen molar-refractivity contribution in [2.45, 2.75) is 13.3 Å². The zero-order chi connectivity index (χ0) is 10.8. The Morgan fingerprint density at radius 1 is 1.40 bits per heavy atom. The Labute approximate surface area is 93.1 Å². The summed E-state index contributed by atoms with van der Waals surface area (Å²) in [7, 11) is 0. The van der Waals surface area contributed by atoms with Gasteiger partial charge in [-0.25, -0.2) is 5.43 Å².